The van der Waals surface area contributed by atoms with Crippen LogP contribution in [-0.4, -0.2) is 29.1 Å². The topological polar surface area (TPSA) is 40.5 Å². The number of benzene rings is 3. The third-order valence-electron chi connectivity index (χ3n) is 9.10. The van der Waals surface area contributed by atoms with Gasteiger partial charge in [0.1, 0.15) is 5.82 Å². The number of nitrogens with zero attached hydrogens (tertiary/aromatic N) is 1. The Bertz CT molecular complexity index is 1350. The third kappa shape index (κ3) is 5.53. The van der Waals surface area contributed by atoms with E-state index in [1.165, 1.54) is 37.1 Å². The highest BCUT2D eigenvalue weighted by atomic mass is 19.4. The Kier molecular flexibility index (Phi) is 7.55. The second-order valence-electron chi connectivity index (χ2n) is 11.8. The lowest BCUT2D eigenvalue weighted by atomic mass is 9.76. The maximum absolute atomic E-state index is 14.0. The van der Waals surface area contributed by atoms with Crippen molar-refractivity contribution in [3.05, 3.63) is 94.8 Å². The van der Waals surface area contributed by atoms with Crippen molar-refractivity contribution in [1.82, 2.24) is 4.90 Å². The number of carboxylic acid groups (broad SMARTS) is 1. The number of hydrogen-bond donors (Lipinski definition) is 1. The molecule has 212 valence electrons. The van der Waals surface area contributed by atoms with Gasteiger partial charge in [-0.15, -0.1) is 0 Å². The number of halogens is 4. The first-order valence-electron chi connectivity index (χ1n) is 14.0. The van der Waals surface area contributed by atoms with E-state index in [0.29, 0.717) is 34.9 Å². The van der Waals surface area contributed by atoms with Crippen LogP contribution in [0.5, 0.6) is 0 Å². The van der Waals surface area contributed by atoms with Crippen LogP contribution in [0.2, 0.25) is 0 Å². The minimum absolute atomic E-state index is 0.259. The summed E-state index contributed by atoms with van der Waals surface area (Å²) < 4.78 is 54.1. The first kappa shape index (κ1) is 28.3. The number of piperidine rings is 1. The molecule has 40 heavy (non-hydrogen) atoms. The maximum atomic E-state index is 14.0. The monoisotopic (exact) mass is 553 g/mol. The molecule has 2 fully saturated rings. The average molecular weight is 554 g/mol. The standard InChI is InChI=1S/C33H35F4NO2/c1-3-14-31(2,30(39)40)25-10-13-27(28(21-25)22-4-8-24(9-5-22)33(35,36)37)29(23-6-11-26(34)12-7-23)38-19-17-32(15-16-32)18-20-38/h4-13,21,29H,3,14-20H2,1-2H3,(H,39,40). The summed E-state index contributed by atoms with van der Waals surface area (Å²) in [6.45, 7) is 5.35. The molecule has 7 heteroatoms. The molecule has 3 aromatic rings. The number of aliphatic carboxylic acids is 1. The van der Waals surface area contributed by atoms with Gasteiger partial charge >= 0.3 is 12.1 Å². The fourth-order valence-corrected chi connectivity index (χ4v) is 6.27. The van der Waals surface area contributed by atoms with Crippen LogP contribution in [0.3, 0.4) is 0 Å². The summed E-state index contributed by atoms with van der Waals surface area (Å²) in [7, 11) is 0. The molecule has 2 unspecified atom stereocenters. The van der Waals surface area contributed by atoms with Crippen LogP contribution < -0.4 is 0 Å². The highest BCUT2D eigenvalue weighted by molar-refractivity contribution is 5.82. The van der Waals surface area contributed by atoms with Crippen LogP contribution in [0.15, 0.2) is 66.7 Å². The number of likely N-dealkylation sites (tertiary alicyclic amines) is 1. The van der Waals surface area contributed by atoms with Gasteiger partial charge in [-0.3, -0.25) is 9.69 Å². The van der Waals surface area contributed by atoms with E-state index in [-0.39, 0.29) is 11.9 Å². The van der Waals surface area contributed by atoms with Gasteiger partial charge in [0.05, 0.1) is 17.0 Å². The molecule has 1 heterocycles. The summed E-state index contributed by atoms with van der Waals surface area (Å²) in [6, 6.07) is 16.8. The van der Waals surface area contributed by atoms with Gasteiger partial charge in [0.15, 0.2) is 0 Å². The summed E-state index contributed by atoms with van der Waals surface area (Å²) in [5, 5.41) is 10.2. The lowest BCUT2D eigenvalue weighted by Gasteiger charge is -2.39. The van der Waals surface area contributed by atoms with E-state index in [4.69, 9.17) is 0 Å². The zero-order valence-corrected chi connectivity index (χ0v) is 22.9. The van der Waals surface area contributed by atoms with Crippen LogP contribution in [-0.2, 0) is 16.4 Å². The van der Waals surface area contributed by atoms with Crippen molar-refractivity contribution in [1.29, 1.82) is 0 Å². The van der Waals surface area contributed by atoms with E-state index in [1.54, 1.807) is 19.1 Å². The van der Waals surface area contributed by atoms with E-state index in [0.717, 1.165) is 49.2 Å². The van der Waals surface area contributed by atoms with Crippen molar-refractivity contribution >= 4 is 5.97 Å². The minimum Gasteiger partial charge on any atom is -0.481 e. The molecule has 2 aliphatic rings. The quantitative estimate of drug-likeness (QED) is 0.284. The minimum atomic E-state index is -4.46. The molecule has 1 aliphatic heterocycles. The summed E-state index contributed by atoms with van der Waals surface area (Å²) >= 11 is 0. The molecule has 3 aromatic carbocycles. The zero-order chi connectivity index (χ0) is 28.7. The van der Waals surface area contributed by atoms with E-state index >= 15 is 0 Å². The van der Waals surface area contributed by atoms with Gasteiger partial charge in [0.25, 0.3) is 0 Å². The summed E-state index contributed by atoms with van der Waals surface area (Å²) in [5.74, 6) is -1.28. The van der Waals surface area contributed by atoms with Crippen LogP contribution in [0.1, 0.15) is 80.7 Å². The van der Waals surface area contributed by atoms with Gasteiger partial charge in [-0.2, -0.15) is 13.2 Å². The van der Waals surface area contributed by atoms with Gasteiger partial charge < -0.3 is 5.11 Å². The van der Waals surface area contributed by atoms with Gasteiger partial charge in [-0.25, -0.2) is 4.39 Å². The normalized spacial score (nSPS) is 19.2. The van der Waals surface area contributed by atoms with E-state index in [1.807, 2.05) is 25.1 Å². The highest BCUT2D eigenvalue weighted by Gasteiger charge is 2.46. The number of carboxylic acids is 1. The Morgan fingerprint density at radius 3 is 2.05 bits per heavy atom. The molecule has 0 radical (unpaired) electrons. The third-order valence-corrected chi connectivity index (χ3v) is 9.10. The molecule has 5 rings (SSSR count). The fraction of sp³-hybridized carbons (Fsp3) is 0.424. The largest absolute Gasteiger partial charge is 0.481 e. The van der Waals surface area contributed by atoms with Crippen LogP contribution >= 0.6 is 0 Å². The lowest BCUT2D eigenvalue weighted by molar-refractivity contribution is -0.143. The number of hydrogen-bond acceptors (Lipinski definition) is 2. The van der Waals surface area contributed by atoms with E-state index in [9.17, 15) is 27.5 Å². The molecular formula is C33H35F4NO2. The molecule has 0 bridgehead atoms. The molecule has 1 N–H and O–H groups in total. The lowest BCUT2D eigenvalue weighted by Crippen LogP contribution is -2.38. The highest BCUT2D eigenvalue weighted by Crippen LogP contribution is 2.55. The predicted octanol–water partition coefficient (Wildman–Crippen LogP) is 8.62. The van der Waals surface area contributed by atoms with Crippen molar-refractivity contribution in [2.45, 2.75) is 70.0 Å². The van der Waals surface area contributed by atoms with E-state index in [2.05, 4.69) is 4.90 Å². The zero-order valence-electron chi connectivity index (χ0n) is 22.9. The Balaban J connectivity index is 1.67. The predicted molar refractivity (Wildman–Crippen MR) is 147 cm³/mol. The fourth-order valence-electron chi connectivity index (χ4n) is 6.27. The maximum Gasteiger partial charge on any atom is 0.416 e. The first-order valence-corrected chi connectivity index (χ1v) is 14.0. The molecule has 3 nitrogen and oxygen atoms in total. The molecular weight excluding hydrogens is 518 g/mol. The van der Waals surface area contributed by atoms with Gasteiger partial charge in [0, 0.05) is 0 Å². The Labute approximate surface area is 232 Å². The SMILES string of the molecule is CCCC(C)(C(=O)O)c1ccc(C(c2ccc(F)cc2)N2CCC3(CC2)CC3)c(-c2ccc(C(F)(F)F)cc2)c1. The first-order chi connectivity index (χ1) is 19.0. The molecule has 1 spiro atoms. The van der Waals surface area contributed by atoms with Crippen molar-refractivity contribution in [2.24, 2.45) is 5.41 Å². The molecule has 2 atom stereocenters. The number of carbonyl (C=O) groups is 1. The van der Waals surface area contributed by atoms with E-state index < -0.39 is 23.1 Å². The van der Waals surface area contributed by atoms with Crippen LogP contribution in [0, 0.1) is 11.2 Å². The summed E-state index contributed by atoms with van der Waals surface area (Å²) in [5.41, 5.74) is 2.18. The van der Waals surface area contributed by atoms with Crippen LogP contribution in [0.25, 0.3) is 11.1 Å². The summed E-state index contributed by atoms with van der Waals surface area (Å²) in [6.07, 6.45) is 1.27. The molecule has 1 saturated carbocycles. The Morgan fingerprint density at radius 1 is 0.925 bits per heavy atom. The Morgan fingerprint density at radius 2 is 1.52 bits per heavy atom. The van der Waals surface area contributed by atoms with Crippen molar-refractivity contribution in [3.63, 3.8) is 0 Å². The van der Waals surface area contributed by atoms with Crippen molar-refractivity contribution < 1.29 is 27.5 Å². The molecule has 0 aromatic heterocycles. The number of alkyl halides is 3. The van der Waals surface area contributed by atoms with Crippen LogP contribution in [0.4, 0.5) is 17.6 Å². The van der Waals surface area contributed by atoms with Gasteiger partial charge in [0.2, 0.25) is 0 Å². The molecule has 1 aliphatic carbocycles. The second kappa shape index (κ2) is 10.7. The number of rotatable bonds is 8. The molecule has 1 saturated heterocycles. The molecule has 0 amide bonds. The van der Waals surface area contributed by atoms with Gasteiger partial charge in [-0.05, 0) is 116 Å². The second-order valence-corrected chi connectivity index (χ2v) is 11.8. The summed E-state index contributed by atoms with van der Waals surface area (Å²) in [4.78, 5) is 14.8. The average Bonchev–Trinajstić information content (AvgIpc) is 3.69. The Hall–Kier alpha value is -3.19. The van der Waals surface area contributed by atoms with Crippen molar-refractivity contribution in [2.75, 3.05) is 13.1 Å². The van der Waals surface area contributed by atoms with Gasteiger partial charge in [-0.1, -0.05) is 49.7 Å². The smallest absolute Gasteiger partial charge is 0.416 e. The van der Waals surface area contributed by atoms with Crippen molar-refractivity contribution in [3.8, 4) is 11.1 Å².